The Morgan fingerprint density at radius 3 is 2.75 bits per heavy atom. The Labute approximate surface area is 119 Å². The van der Waals surface area contributed by atoms with Gasteiger partial charge in [0, 0.05) is 24.1 Å². The zero-order valence-electron chi connectivity index (χ0n) is 11.9. The third kappa shape index (κ3) is 2.24. The maximum Gasteiger partial charge on any atom is 0.230 e. The molecule has 0 bridgehead atoms. The lowest BCUT2D eigenvalue weighted by Gasteiger charge is -2.23. The van der Waals surface area contributed by atoms with Gasteiger partial charge in [-0.2, -0.15) is 0 Å². The van der Waals surface area contributed by atoms with Crippen LogP contribution >= 0.6 is 0 Å². The normalized spacial score (nSPS) is 20.7. The Morgan fingerprint density at radius 2 is 2.10 bits per heavy atom. The van der Waals surface area contributed by atoms with Crippen molar-refractivity contribution in [3.05, 3.63) is 54.0 Å². The van der Waals surface area contributed by atoms with Crippen LogP contribution < -0.4 is 4.90 Å². The van der Waals surface area contributed by atoms with E-state index in [0.717, 1.165) is 23.4 Å². The van der Waals surface area contributed by atoms with E-state index in [1.165, 1.54) is 0 Å². The van der Waals surface area contributed by atoms with Gasteiger partial charge in [-0.25, -0.2) is 0 Å². The zero-order chi connectivity index (χ0) is 14.1. The largest absolute Gasteiger partial charge is 0.469 e. The first-order valence-corrected chi connectivity index (χ1v) is 7.12. The average Bonchev–Trinajstić information content (AvgIpc) is 3.07. The van der Waals surface area contributed by atoms with Crippen LogP contribution in [0.5, 0.6) is 0 Å². The van der Waals surface area contributed by atoms with E-state index in [1.54, 1.807) is 6.26 Å². The zero-order valence-corrected chi connectivity index (χ0v) is 11.9. The van der Waals surface area contributed by atoms with Crippen molar-refractivity contribution in [2.45, 2.75) is 26.2 Å². The third-order valence-electron chi connectivity index (χ3n) is 4.00. The molecule has 3 heteroatoms. The van der Waals surface area contributed by atoms with Crippen LogP contribution in [-0.4, -0.2) is 12.5 Å². The van der Waals surface area contributed by atoms with Gasteiger partial charge >= 0.3 is 0 Å². The number of aryl methyl sites for hydroxylation is 1. The number of furan rings is 1. The SMILES string of the molecule is CCN(C(=O)C1CC1c1ccco1)c1ccccc1C. The highest BCUT2D eigenvalue weighted by molar-refractivity contribution is 5.98. The van der Waals surface area contributed by atoms with E-state index in [0.29, 0.717) is 6.54 Å². The monoisotopic (exact) mass is 269 g/mol. The number of para-hydroxylation sites is 1. The second-order valence-electron chi connectivity index (χ2n) is 5.33. The number of anilines is 1. The Bertz CT molecular complexity index is 603. The van der Waals surface area contributed by atoms with Crippen LogP contribution in [0, 0.1) is 12.8 Å². The van der Waals surface area contributed by atoms with Gasteiger partial charge in [-0.1, -0.05) is 18.2 Å². The first kappa shape index (κ1) is 13.0. The van der Waals surface area contributed by atoms with Crippen molar-refractivity contribution >= 4 is 11.6 Å². The van der Waals surface area contributed by atoms with E-state index in [2.05, 4.69) is 0 Å². The second-order valence-corrected chi connectivity index (χ2v) is 5.33. The standard InChI is InChI=1S/C17H19NO2/c1-3-18(15-8-5-4-7-12(15)2)17(19)14-11-13(14)16-9-6-10-20-16/h4-10,13-14H,3,11H2,1-2H3. The van der Waals surface area contributed by atoms with Crippen LogP contribution in [0.1, 0.15) is 30.6 Å². The molecule has 0 saturated heterocycles. The molecule has 104 valence electrons. The smallest absolute Gasteiger partial charge is 0.230 e. The minimum absolute atomic E-state index is 0.0701. The van der Waals surface area contributed by atoms with Crippen LogP contribution in [0.25, 0.3) is 0 Å². The summed E-state index contributed by atoms with van der Waals surface area (Å²) in [5, 5.41) is 0. The molecule has 0 radical (unpaired) electrons. The number of amides is 1. The summed E-state index contributed by atoms with van der Waals surface area (Å²) in [7, 11) is 0. The maximum atomic E-state index is 12.7. The highest BCUT2D eigenvalue weighted by Gasteiger charge is 2.47. The molecule has 1 aliphatic rings. The summed E-state index contributed by atoms with van der Waals surface area (Å²) >= 11 is 0. The second kappa shape index (κ2) is 5.16. The van der Waals surface area contributed by atoms with E-state index in [1.807, 2.05) is 55.1 Å². The summed E-state index contributed by atoms with van der Waals surface area (Å²) in [5.41, 5.74) is 2.16. The van der Waals surface area contributed by atoms with Crippen molar-refractivity contribution < 1.29 is 9.21 Å². The van der Waals surface area contributed by atoms with Crippen molar-refractivity contribution in [2.24, 2.45) is 5.92 Å². The van der Waals surface area contributed by atoms with Crippen molar-refractivity contribution in [1.82, 2.24) is 0 Å². The predicted molar refractivity (Wildman–Crippen MR) is 78.8 cm³/mol. The van der Waals surface area contributed by atoms with Gasteiger partial charge in [0.15, 0.2) is 0 Å². The van der Waals surface area contributed by atoms with E-state index >= 15 is 0 Å². The van der Waals surface area contributed by atoms with Crippen LogP contribution in [-0.2, 0) is 4.79 Å². The first-order chi connectivity index (χ1) is 9.72. The summed E-state index contributed by atoms with van der Waals surface area (Å²) in [6, 6.07) is 11.9. The number of hydrogen-bond acceptors (Lipinski definition) is 2. The molecule has 2 unspecified atom stereocenters. The highest BCUT2D eigenvalue weighted by Crippen LogP contribution is 2.49. The Morgan fingerprint density at radius 1 is 1.30 bits per heavy atom. The van der Waals surface area contributed by atoms with E-state index in [9.17, 15) is 4.79 Å². The van der Waals surface area contributed by atoms with Gasteiger partial charge in [-0.3, -0.25) is 4.79 Å². The summed E-state index contributed by atoms with van der Waals surface area (Å²) in [5.74, 6) is 1.48. The molecule has 2 aromatic rings. The summed E-state index contributed by atoms with van der Waals surface area (Å²) < 4.78 is 5.41. The lowest BCUT2D eigenvalue weighted by molar-refractivity contribution is -0.119. The molecule has 0 spiro atoms. The first-order valence-electron chi connectivity index (χ1n) is 7.12. The molecular formula is C17H19NO2. The fourth-order valence-corrected chi connectivity index (χ4v) is 2.80. The van der Waals surface area contributed by atoms with Gasteiger partial charge in [0.25, 0.3) is 0 Å². The molecular weight excluding hydrogens is 250 g/mol. The van der Waals surface area contributed by atoms with Crippen molar-refractivity contribution in [3.63, 3.8) is 0 Å². The van der Waals surface area contributed by atoms with Crippen molar-refractivity contribution in [2.75, 3.05) is 11.4 Å². The average molecular weight is 269 g/mol. The minimum atomic E-state index is 0.0701. The van der Waals surface area contributed by atoms with Gasteiger partial charge in [-0.15, -0.1) is 0 Å². The fraction of sp³-hybridized carbons (Fsp3) is 0.353. The lowest BCUT2D eigenvalue weighted by atomic mass is 10.1. The Balaban J connectivity index is 1.78. The van der Waals surface area contributed by atoms with E-state index in [4.69, 9.17) is 4.42 Å². The van der Waals surface area contributed by atoms with Gasteiger partial charge < -0.3 is 9.32 Å². The Kier molecular flexibility index (Phi) is 3.35. The molecule has 0 aliphatic heterocycles. The number of nitrogens with zero attached hydrogens (tertiary/aromatic N) is 1. The lowest BCUT2D eigenvalue weighted by Crippen LogP contribution is -2.32. The van der Waals surface area contributed by atoms with Crippen molar-refractivity contribution in [3.8, 4) is 0 Å². The van der Waals surface area contributed by atoms with Crippen LogP contribution in [0.2, 0.25) is 0 Å². The number of benzene rings is 1. The molecule has 1 heterocycles. The summed E-state index contributed by atoms with van der Waals surface area (Å²) in [4.78, 5) is 14.6. The van der Waals surface area contributed by atoms with E-state index in [-0.39, 0.29) is 17.7 Å². The summed E-state index contributed by atoms with van der Waals surface area (Å²) in [6.07, 6.45) is 2.57. The van der Waals surface area contributed by atoms with Gasteiger partial charge in [0.2, 0.25) is 5.91 Å². The molecule has 1 aromatic carbocycles. The van der Waals surface area contributed by atoms with Crippen LogP contribution in [0.4, 0.5) is 5.69 Å². The quantitative estimate of drug-likeness (QED) is 0.847. The molecule has 1 saturated carbocycles. The van der Waals surface area contributed by atoms with Crippen LogP contribution in [0.15, 0.2) is 47.1 Å². The molecule has 20 heavy (non-hydrogen) atoms. The van der Waals surface area contributed by atoms with Gasteiger partial charge in [0.1, 0.15) is 5.76 Å². The fourth-order valence-electron chi connectivity index (χ4n) is 2.80. The Hall–Kier alpha value is -2.03. The molecule has 1 fully saturated rings. The molecule has 3 nitrogen and oxygen atoms in total. The maximum absolute atomic E-state index is 12.7. The molecule has 1 aliphatic carbocycles. The predicted octanol–water partition coefficient (Wildman–Crippen LogP) is 3.74. The molecule has 1 amide bonds. The van der Waals surface area contributed by atoms with Gasteiger partial charge in [0.05, 0.1) is 6.26 Å². The summed E-state index contributed by atoms with van der Waals surface area (Å²) in [6.45, 7) is 4.77. The number of rotatable bonds is 4. The topological polar surface area (TPSA) is 33.5 Å². The minimum Gasteiger partial charge on any atom is -0.469 e. The molecule has 3 rings (SSSR count). The molecule has 0 N–H and O–H groups in total. The van der Waals surface area contributed by atoms with Crippen LogP contribution in [0.3, 0.4) is 0 Å². The van der Waals surface area contributed by atoms with Gasteiger partial charge in [-0.05, 0) is 44.0 Å². The van der Waals surface area contributed by atoms with E-state index < -0.39 is 0 Å². The third-order valence-corrected chi connectivity index (χ3v) is 4.00. The molecule has 2 atom stereocenters. The van der Waals surface area contributed by atoms with Crippen molar-refractivity contribution in [1.29, 1.82) is 0 Å². The highest BCUT2D eigenvalue weighted by atomic mass is 16.3. The number of carbonyl (C=O) groups is 1. The number of hydrogen-bond donors (Lipinski definition) is 0. The molecule has 1 aromatic heterocycles. The number of carbonyl (C=O) groups excluding carboxylic acids is 1.